The molecule has 2 N–H and O–H groups in total. The van der Waals surface area contributed by atoms with E-state index in [0.717, 1.165) is 37.2 Å². The number of esters is 1. The van der Waals surface area contributed by atoms with Gasteiger partial charge in [0.05, 0.1) is 37.5 Å². The van der Waals surface area contributed by atoms with Crippen LogP contribution in [0, 0.1) is 11.3 Å². The average Bonchev–Trinajstić information content (AvgIpc) is 3.01. The van der Waals surface area contributed by atoms with E-state index in [2.05, 4.69) is 26.7 Å². The zero-order valence-electron chi connectivity index (χ0n) is 23.0. The van der Waals surface area contributed by atoms with Gasteiger partial charge in [0.25, 0.3) is 0 Å². The number of methoxy groups -OCH3 is 2. The third-order valence-electron chi connectivity index (χ3n) is 6.78. The number of benzene rings is 3. The Hall–Kier alpha value is -4.88. The van der Waals surface area contributed by atoms with Gasteiger partial charge >= 0.3 is 5.97 Å². The Morgan fingerprint density at radius 2 is 1.85 bits per heavy atom. The molecule has 0 radical (unpaired) electrons. The molecule has 0 spiro atoms. The van der Waals surface area contributed by atoms with Gasteiger partial charge in [0, 0.05) is 18.0 Å². The molecule has 0 aliphatic carbocycles. The number of nitrogens with zero attached hydrogens (tertiary/aromatic N) is 3. The molecule has 210 valence electrons. The molecule has 1 saturated heterocycles. The minimum absolute atomic E-state index is 0.00935. The third-order valence-corrected chi connectivity index (χ3v) is 6.78. The van der Waals surface area contributed by atoms with Crippen LogP contribution in [0.4, 0.5) is 11.4 Å². The van der Waals surface area contributed by atoms with Crippen LogP contribution in [0.2, 0.25) is 0 Å². The molecule has 0 bridgehead atoms. The molecule has 4 aromatic rings. The van der Waals surface area contributed by atoms with Crippen molar-refractivity contribution >= 4 is 28.4 Å². The van der Waals surface area contributed by atoms with Gasteiger partial charge < -0.3 is 29.6 Å². The second-order valence-electron chi connectivity index (χ2n) is 9.57. The highest BCUT2D eigenvalue weighted by atomic mass is 16.5. The summed E-state index contributed by atoms with van der Waals surface area (Å²) in [5, 5.41) is 16.6. The number of hydrogen-bond acceptors (Lipinski definition) is 10. The smallest absolute Gasteiger partial charge is 0.312 e. The Balaban J connectivity index is 1.31. The number of carbonyl (C=O) groups is 1. The fraction of sp³-hybridized carbons (Fsp3) is 0.290. The zero-order chi connectivity index (χ0) is 28.6. The summed E-state index contributed by atoms with van der Waals surface area (Å²) in [5.41, 5.74) is 3.98. The molecule has 10 heteroatoms. The Kier molecular flexibility index (Phi) is 8.76. The van der Waals surface area contributed by atoms with Crippen LogP contribution >= 0.6 is 0 Å². The number of hydrogen-bond donors (Lipinski definition) is 2. The van der Waals surface area contributed by atoms with Crippen molar-refractivity contribution in [2.24, 2.45) is 0 Å². The highest BCUT2D eigenvalue weighted by Crippen LogP contribution is 2.34. The fourth-order valence-electron chi connectivity index (χ4n) is 4.61. The van der Waals surface area contributed by atoms with Gasteiger partial charge in [-0.3, -0.25) is 9.78 Å². The van der Waals surface area contributed by atoms with E-state index in [1.807, 2.05) is 36.4 Å². The standard InChI is InChI=1S/C31H31N5O5/c1-38-23-6-3-20(4-7-23)19-40-28-10-5-21(15-29(28)39-2)35-26-8-9-27-31(25(26)17-32)36-22(18-34-27)16-30(37)41-24-11-13-33-14-12-24/h3-10,15,18,24,33,35H,11-14,16,19H2,1-2H3. The van der Waals surface area contributed by atoms with Crippen LogP contribution < -0.4 is 24.8 Å². The first-order chi connectivity index (χ1) is 20.1. The van der Waals surface area contributed by atoms with E-state index in [9.17, 15) is 10.1 Å². The number of carbonyl (C=O) groups excluding carboxylic acids is 1. The number of piperidine rings is 1. The van der Waals surface area contributed by atoms with Crippen LogP contribution in [-0.2, 0) is 22.6 Å². The predicted octanol–water partition coefficient (Wildman–Crippen LogP) is 4.68. The first-order valence-corrected chi connectivity index (χ1v) is 13.4. The maximum absolute atomic E-state index is 12.5. The highest BCUT2D eigenvalue weighted by molar-refractivity contribution is 5.88. The van der Waals surface area contributed by atoms with Gasteiger partial charge in [-0.2, -0.15) is 5.26 Å². The number of nitriles is 1. The molecule has 10 nitrogen and oxygen atoms in total. The quantitative estimate of drug-likeness (QED) is 0.267. The molecule has 0 amide bonds. The van der Waals surface area contributed by atoms with Gasteiger partial charge in [-0.25, -0.2) is 4.98 Å². The summed E-state index contributed by atoms with van der Waals surface area (Å²) in [5.74, 6) is 1.56. The normalized spacial score (nSPS) is 13.3. The lowest BCUT2D eigenvalue weighted by atomic mass is 10.1. The molecular formula is C31H31N5O5. The van der Waals surface area contributed by atoms with Gasteiger partial charge in [0.15, 0.2) is 11.5 Å². The monoisotopic (exact) mass is 553 g/mol. The molecule has 2 heterocycles. The maximum atomic E-state index is 12.5. The lowest BCUT2D eigenvalue weighted by Crippen LogP contribution is -2.34. The van der Waals surface area contributed by atoms with Crippen LogP contribution in [0.25, 0.3) is 11.0 Å². The van der Waals surface area contributed by atoms with E-state index in [1.54, 1.807) is 38.6 Å². The summed E-state index contributed by atoms with van der Waals surface area (Å²) < 4.78 is 22.3. The third kappa shape index (κ3) is 6.83. The highest BCUT2D eigenvalue weighted by Gasteiger charge is 2.19. The number of rotatable bonds is 10. The molecular weight excluding hydrogens is 522 g/mol. The maximum Gasteiger partial charge on any atom is 0.312 e. The molecule has 5 rings (SSSR count). The van der Waals surface area contributed by atoms with E-state index < -0.39 is 0 Å². The molecule has 1 fully saturated rings. The van der Waals surface area contributed by atoms with E-state index in [1.165, 1.54) is 0 Å². The molecule has 1 aliphatic heterocycles. The Labute approximate surface area is 238 Å². The van der Waals surface area contributed by atoms with Crippen LogP contribution in [-0.4, -0.2) is 49.4 Å². The van der Waals surface area contributed by atoms with Gasteiger partial charge in [-0.1, -0.05) is 12.1 Å². The largest absolute Gasteiger partial charge is 0.497 e. The SMILES string of the molecule is COc1ccc(COc2ccc(Nc3ccc4ncc(CC(=O)OC5CCNCC5)nc4c3C#N)cc2OC)cc1. The van der Waals surface area contributed by atoms with E-state index in [4.69, 9.17) is 18.9 Å². The van der Waals surface area contributed by atoms with Gasteiger partial charge in [0.2, 0.25) is 0 Å². The number of fused-ring (bicyclic) bond motifs is 1. The number of aromatic nitrogens is 2. The lowest BCUT2D eigenvalue weighted by molar-refractivity contribution is -0.149. The summed E-state index contributed by atoms with van der Waals surface area (Å²) >= 11 is 0. The van der Waals surface area contributed by atoms with Crippen molar-refractivity contribution in [1.82, 2.24) is 15.3 Å². The topological polar surface area (TPSA) is 128 Å². The summed E-state index contributed by atoms with van der Waals surface area (Å²) in [4.78, 5) is 21.5. The predicted molar refractivity (Wildman–Crippen MR) is 154 cm³/mol. The molecule has 3 aromatic carbocycles. The lowest BCUT2D eigenvalue weighted by Gasteiger charge is -2.22. The second-order valence-corrected chi connectivity index (χ2v) is 9.57. The van der Waals surface area contributed by atoms with Gasteiger partial charge in [-0.05, 0) is 67.9 Å². The number of ether oxygens (including phenoxy) is 4. The Bertz CT molecular complexity index is 1560. The number of nitrogens with one attached hydrogen (secondary N) is 2. The Morgan fingerprint density at radius 1 is 1.05 bits per heavy atom. The zero-order valence-corrected chi connectivity index (χ0v) is 23.0. The van der Waals surface area contributed by atoms with Crippen molar-refractivity contribution < 1.29 is 23.7 Å². The van der Waals surface area contributed by atoms with Crippen molar-refractivity contribution in [3.63, 3.8) is 0 Å². The summed E-state index contributed by atoms with van der Waals surface area (Å²) in [6.07, 6.45) is 3.05. The fourth-order valence-corrected chi connectivity index (χ4v) is 4.61. The first-order valence-electron chi connectivity index (χ1n) is 13.4. The summed E-state index contributed by atoms with van der Waals surface area (Å²) in [6.45, 7) is 2.03. The minimum atomic E-state index is -0.347. The van der Waals surface area contributed by atoms with Crippen LogP contribution in [0.1, 0.15) is 29.7 Å². The molecule has 1 aromatic heterocycles. The van der Waals surface area contributed by atoms with E-state index in [-0.39, 0.29) is 18.5 Å². The average molecular weight is 554 g/mol. The molecule has 0 saturated carbocycles. The minimum Gasteiger partial charge on any atom is -0.497 e. The van der Waals surface area contributed by atoms with Crippen molar-refractivity contribution in [1.29, 1.82) is 5.26 Å². The summed E-state index contributed by atoms with van der Waals surface area (Å²) in [6, 6.07) is 18.9. The molecule has 1 aliphatic rings. The van der Waals surface area contributed by atoms with Crippen molar-refractivity contribution in [2.75, 3.05) is 32.6 Å². The Morgan fingerprint density at radius 3 is 2.59 bits per heavy atom. The molecule has 0 atom stereocenters. The van der Waals surface area contributed by atoms with Crippen LogP contribution in [0.15, 0.2) is 60.8 Å². The molecule has 0 unspecified atom stereocenters. The number of anilines is 2. The van der Waals surface area contributed by atoms with Crippen molar-refractivity contribution in [2.45, 2.75) is 32.0 Å². The van der Waals surface area contributed by atoms with Crippen LogP contribution in [0.5, 0.6) is 17.2 Å². The van der Waals surface area contributed by atoms with Crippen molar-refractivity contribution in [3.8, 4) is 23.3 Å². The van der Waals surface area contributed by atoms with E-state index >= 15 is 0 Å². The summed E-state index contributed by atoms with van der Waals surface area (Å²) in [7, 11) is 3.20. The second kappa shape index (κ2) is 13.0. The van der Waals surface area contributed by atoms with E-state index in [0.29, 0.717) is 51.8 Å². The van der Waals surface area contributed by atoms with Gasteiger partial charge in [-0.15, -0.1) is 0 Å². The molecule has 41 heavy (non-hydrogen) atoms. The van der Waals surface area contributed by atoms with Gasteiger partial charge in [0.1, 0.15) is 35.6 Å². The van der Waals surface area contributed by atoms with Crippen molar-refractivity contribution in [3.05, 3.63) is 77.6 Å². The first kappa shape index (κ1) is 27.7. The van der Waals surface area contributed by atoms with Crippen LogP contribution in [0.3, 0.4) is 0 Å².